The van der Waals surface area contributed by atoms with Crippen molar-refractivity contribution in [3.8, 4) is 5.75 Å². The van der Waals surface area contributed by atoms with Crippen molar-refractivity contribution in [1.29, 1.82) is 0 Å². The van der Waals surface area contributed by atoms with Gasteiger partial charge >= 0.3 is 6.03 Å². The molecule has 0 aromatic heterocycles. The van der Waals surface area contributed by atoms with Gasteiger partial charge in [0.15, 0.2) is 0 Å². The number of hydrogen-bond donors (Lipinski definition) is 1. The number of ether oxygens (including phenoxy) is 1. The van der Waals surface area contributed by atoms with Crippen LogP contribution in [0.4, 0.5) is 4.79 Å². The zero-order valence-corrected chi connectivity index (χ0v) is 18.8. The Labute approximate surface area is 196 Å². The topological polar surface area (TPSA) is 58.6 Å². The number of nitrogens with zero attached hydrogens (tertiary/aromatic N) is 1. The number of rotatable bonds is 6. The molecule has 1 heterocycles. The van der Waals surface area contributed by atoms with Gasteiger partial charge in [-0.3, -0.25) is 9.69 Å². The predicted molar refractivity (Wildman–Crippen MR) is 125 cm³/mol. The molecule has 0 unspecified atom stereocenters. The maximum atomic E-state index is 12.7. The number of benzene rings is 3. The molecule has 0 spiro atoms. The lowest BCUT2D eigenvalue weighted by molar-refractivity contribution is -0.123. The summed E-state index contributed by atoms with van der Waals surface area (Å²) in [7, 11) is 0. The zero-order chi connectivity index (χ0) is 22.7. The fraction of sp³-hybridized carbons (Fsp3) is 0.120. The maximum absolute atomic E-state index is 12.7. The number of imide groups is 1. The van der Waals surface area contributed by atoms with Crippen LogP contribution in [0, 0.1) is 6.92 Å². The predicted octanol–water partition coefficient (Wildman–Crippen LogP) is 5.97. The van der Waals surface area contributed by atoms with E-state index in [1.165, 1.54) is 4.90 Å². The first-order valence-electron chi connectivity index (χ1n) is 9.96. The largest absolute Gasteiger partial charge is 0.489 e. The molecule has 1 aliphatic heterocycles. The molecular formula is C25H20Cl2N2O3. The standard InChI is InChI=1S/C25H20Cl2N2O3/c1-16-2-4-18(5-3-16)14-29-24(30)23(28-25(29)31)12-17-6-10-21(11-7-17)32-15-19-8-9-20(26)13-22(19)27/h2-13H,14-15H2,1H3,(H,28,31)/b23-12+. The Morgan fingerprint density at radius 2 is 1.69 bits per heavy atom. The molecule has 1 fully saturated rings. The van der Waals surface area contributed by atoms with Gasteiger partial charge in [-0.1, -0.05) is 71.2 Å². The summed E-state index contributed by atoms with van der Waals surface area (Å²) in [4.78, 5) is 26.2. The fourth-order valence-corrected chi connectivity index (χ4v) is 3.68. The number of nitrogens with one attached hydrogen (secondary N) is 1. The third-order valence-corrected chi connectivity index (χ3v) is 5.61. The normalized spacial score (nSPS) is 14.7. The Morgan fingerprint density at radius 3 is 2.38 bits per heavy atom. The lowest BCUT2D eigenvalue weighted by atomic mass is 10.1. The Morgan fingerprint density at radius 1 is 0.969 bits per heavy atom. The molecule has 0 saturated carbocycles. The van der Waals surface area contributed by atoms with Crippen molar-refractivity contribution in [1.82, 2.24) is 10.2 Å². The smallest absolute Gasteiger partial charge is 0.329 e. The van der Waals surface area contributed by atoms with Crippen LogP contribution in [0.1, 0.15) is 22.3 Å². The summed E-state index contributed by atoms with van der Waals surface area (Å²) in [6.07, 6.45) is 1.65. The second-order valence-electron chi connectivity index (χ2n) is 7.46. The fourth-order valence-electron chi connectivity index (χ4n) is 3.22. The van der Waals surface area contributed by atoms with Crippen molar-refractivity contribution in [3.05, 3.63) is 105 Å². The van der Waals surface area contributed by atoms with E-state index in [-0.39, 0.29) is 18.1 Å². The summed E-state index contributed by atoms with van der Waals surface area (Å²) in [6, 6.07) is 19.8. The van der Waals surface area contributed by atoms with Gasteiger partial charge < -0.3 is 10.1 Å². The minimum atomic E-state index is -0.429. The molecule has 1 saturated heterocycles. The van der Waals surface area contributed by atoms with Crippen molar-refractivity contribution in [2.24, 2.45) is 0 Å². The van der Waals surface area contributed by atoms with E-state index in [0.717, 1.165) is 22.3 Å². The Bertz CT molecular complexity index is 1190. The van der Waals surface area contributed by atoms with Crippen LogP contribution >= 0.6 is 23.2 Å². The number of carbonyl (C=O) groups is 2. The molecule has 0 aliphatic carbocycles. The van der Waals surface area contributed by atoms with Crippen LogP contribution in [0.3, 0.4) is 0 Å². The maximum Gasteiger partial charge on any atom is 0.329 e. The van der Waals surface area contributed by atoms with Crippen LogP contribution in [0.25, 0.3) is 6.08 Å². The molecule has 1 aliphatic rings. The summed E-state index contributed by atoms with van der Waals surface area (Å²) in [5.41, 5.74) is 3.85. The number of hydrogen-bond acceptors (Lipinski definition) is 3. The molecule has 7 heteroatoms. The quantitative estimate of drug-likeness (QED) is 0.359. The van der Waals surface area contributed by atoms with Crippen LogP contribution < -0.4 is 10.1 Å². The van der Waals surface area contributed by atoms with E-state index < -0.39 is 6.03 Å². The number of amides is 3. The molecule has 1 N–H and O–H groups in total. The van der Waals surface area contributed by atoms with Gasteiger partial charge in [0.2, 0.25) is 0 Å². The van der Waals surface area contributed by atoms with E-state index in [9.17, 15) is 9.59 Å². The van der Waals surface area contributed by atoms with Gasteiger partial charge in [0, 0.05) is 15.6 Å². The first-order chi connectivity index (χ1) is 15.4. The number of halogens is 2. The average molecular weight is 467 g/mol. The molecule has 0 bridgehead atoms. The van der Waals surface area contributed by atoms with Crippen LogP contribution in [0.5, 0.6) is 5.75 Å². The van der Waals surface area contributed by atoms with Crippen LogP contribution in [0.15, 0.2) is 72.4 Å². The average Bonchev–Trinajstić information content (AvgIpc) is 3.03. The van der Waals surface area contributed by atoms with Gasteiger partial charge in [0.25, 0.3) is 5.91 Å². The Hall–Kier alpha value is -3.28. The molecule has 162 valence electrons. The lowest BCUT2D eigenvalue weighted by Crippen LogP contribution is -2.30. The third-order valence-electron chi connectivity index (χ3n) is 5.02. The highest BCUT2D eigenvalue weighted by Crippen LogP contribution is 2.23. The van der Waals surface area contributed by atoms with Crippen molar-refractivity contribution < 1.29 is 14.3 Å². The van der Waals surface area contributed by atoms with Crippen LogP contribution in [-0.2, 0) is 17.9 Å². The van der Waals surface area contributed by atoms with E-state index in [0.29, 0.717) is 22.4 Å². The molecule has 5 nitrogen and oxygen atoms in total. The SMILES string of the molecule is Cc1ccc(CN2C(=O)N/C(=C/c3ccc(OCc4ccc(Cl)cc4Cl)cc3)C2=O)cc1. The monoisotopic (exact) mass is 466 g/mol. The summed E-state index contributed by atoms with van der Waals surface area (Å²) >= 11 is 12.1. The Balaban J connectivity index is 1.40. The lowest BCUT2D eigenvalue weighted by Gasteiger charge is -2.11. The van der Waals surface area contributed by atoms with E-state index in [2.05, 4.69) is 5.32 Å². The summed E-state index contributed by atoms with van der Waals surface area (Å²) in [5, 5.41) is 3.77. The van der Waals surface area contributed by atoms with Gasteiger partial charge in [-0.25, -0.2) is 4.79 Å². The summed E-state index contributed by atoms with van der Waals surface area (Å²) in [5.74, 6) is 0.300. The van der Waals surface area contributed by atoms with Crippen molar-refractivity contribution in [2.75, 3.05) is 0 Å². The molecule has 4 rings (SSSR count). The highest BCUT2D eigenvalue weighted by Gasteiger charge is 2.33. The molecule has 0 atom stereocenters. The van der Waals surface area contributed by atoms with E-state index in [1.54, 1.807) is 30.3 Å². The molecular weight excluding hydrogens is 447 g/mol. The van der Waals surface area contributed by atoms with Crippen molar-refractivity contribution in [3.63, 3.8) is 0 Å². The minimum Gasteiger partial charge on any atom is -0.489 e. The molecule has 3 aromatic carbocycles. The van der Waals surface area contributed by atoms with Gasteiger partial charge in [0.1, 0.15) is 18.1 Å². The third kappa shape index (κ3) is 5.13. The van der Waals surface area contributed by atoms with Crippen LogP contribution in [-0.4, -0.2) is 16.8 Å². The van der Waals surface area contributed by atoms with E-state index in [1.807, 2.05) is 49.4 Å². The highest BCUT2D eigenvalue weighted by molar-refractivity contribution is 6.35. The van der Waals surface area contributed by atoms with Gasteiger partial charge in [0.05, 0.1) is 6.54 Å². The minimum absolute atomic E-state index is 0.225. The van der Waals surface area contributed by atoms with Gasteiger partial charge in [-0.2, -0.15) is 0 Å². The summed E-state index contributed by atoms with van der Waals surface area (Å²) < 4.78 is 5.77. The highest BCUT2D eigenvalue weighted by atomic mass is 35.5. The second-order valence-corrected chi connectivity index (χ2v) is 8.30. The molecule has 3 amide bonds. The number of aryl methyl sites for hydroxylation is 1. The van der Waals surface area contributed by atoms with E-state index >= 15 is 0 Å². The zero-order valence-electron chi connectivity index (χ0n) is 17.3. The number of carbonyl (C=O) groups excluding carboxylic acids is 2. The second kappa shape index (κ2) is 9.47. The first-order valence-corrected chi connectivity index (χ1v) is 10.7. The van der Waals surface area contributed by atoms with Crippen molar-refractivity contribution in [2.45, 2.75) is 20.1 Å². The summed E-state index contributed by atoms with van der Waals surface area (Å²) in [6.45, 7) is 2.52. The van der Waals surface area contributed by atoms with Crippen molar-refractivity contribution >= 4 is 41.2 Å². The Kier molecular flexibility index (Phi) is 6.49. The molecule has 32 heavy (non-hydrogen) atoms. The number of urea groups is 1. The first kappa shape index (κ1) is 21.9. The van der Waals surface area contributed by atoms with Gasteiger partial charge in [-0.15, -0.1) is 0 Å². The van der Waals surface area contributed by atoms with E-state index in [4.69, 9.17) is 27.9 Å². The van der Waals surface area contributed by atoms with Gasteiger partial charge in [-0.05, 0) is 48.4 Å². The molecule has 0 radical (unpaired) electrons. The van der Waals surface area contributed by atoms with Crippen LogP contribution in [0.2, 0.25) is 10.0 Å². The molecule has 3 aromatic rings.